The van der Waals surface area contributed by atoms with Gasteiger partial charge in [-0.1, -0.05) is 0 Å². The molecule has 1 aliphatic rings. The van der Waals surface area contributed by atoms with Crippen molar-refractivity contribution in [1.82, 2.24) is 24.9 Å². The van der Waals surface area contributed by atoms with Crippen LogP contribution in [-0.4, -0.2) is 51.2 Å². The number of nitrogens with one attached hydrogen (secondary N) is 3. The molecule has 0 radical (unpaired) electrons. The van der Waals surface area contributed by atoms with E-state index in [1.807, 2.05) is 6.07 Å². The van der Waals surface area contributed by atoms with Gasteiger partial charge in [-0.25, -0.2) is 4.98 Å². The highest BCUT2D eigenvalue weighted by atomic mass is 79.9. The van der Waals surface area contributed by atoms with Crippen molar-refractivity contribution in [2.45, 2.75) is 13.8 Å². The van der Waals surface area contributed by atoms with Crippen molar-refractivity contribution in [2.24, 2.45) is 0 Å². The smallest absolute Gasteiger partial charge is 0.231 e. The van der Waals surface area contributed by atoms with E-state index in [9.17, 15) is 0 Å². The van der Waals surface area contributed by atoms with E-state index >= 15 is 0 Å². The number of halogens is 1. The lowest BCUT2D eigenvalue weighted by molar-refractivity contribution is 0.122. The molecule has 8 nitrogen and oxygen atoms in total. The van der Waals surface area contributed by atoms with Crippen LogP contribution in [0, 0.1) is 13.8 Å². The van der Waals surface area contributed by atoms with E-state index < -0.39 is 0 Å². The Labute approximate surface area is 169 Å². The highest BCUT2D eigenvalue weighted by Gasteiger charge is 2.20. The molecule has 1 fully saturated rings. The number of hydrogen-bond donors (Lipinski definition) is 3. The van der Waals surface area contributed by atoms with Crippen LogP contribution < -0.4 is 10.2 Å². The molecule has 3 aromatic heterocycles. The summed E-state index contributed by atoms with van der Waals surface area (Å²) in [6, 6.07) is 6.22. The van der Waals surface area contributed by atoms with Crippen molar-refractivity contribution in [2.75, 3.05) is 36.5 Å². The molecule has 0 saturated carbocycles. The summed E-state index contributed by atoms with van der Waals surface area (Å²) in [7, 11) is 0. The summed E-state index contributed by atoms with van der Waals surface area (Å²) < 4.78 is 6.12. The molecule has 0 atom stereocenters. The molecule has 0 unspecified atom stereocenters. The van der Waals surface area contributed by atoms with Gasteiger partial charge in [-0.2, -0.15) is 9.97 Å². The minimum Gasteiger partial charge on any atom is -0.378 e. The van der Waals surface area contributed by atoms with Gasteiger partial charge in [0.25, 0.3) is 0 Å². The molecule has 1 aliphatic heterocycles. The number of ether oxygens (including phenoxy) is 1. The highest BCUT2D eigenvalue weighted by molar-refractivity contribution is 9.10. The SMILES string of the molecule is Cc1[nH]c2ccc(Nc3nc(N4CCOCC4)c4[nH]c(Br)nc4n3)cc2c1C. The lowest BCUT2D eigenvalue weighted by atomic mass is 10.1. The van der Waals surface area contributed by atoms with Crippen LogP contribution in [-0.2, 0) is 4.74 Å². The predicted molar refractivity (Wildman–Crippen MR) is 113 cm³/mol. The largest absolute Gasteiger partial charge is 0.378 e. The number of H-pyrrole nitrogens is 2. The molecule has 9 heteroatoms. The second-order valence-corrected chi connectivity index (χ2v) is 7.71. The molecular weight excluding hydrogens is 422 g/mol. The van der Waals surface area contributed by atoms with E-state index in [1.165, 1.54) is 16.6 Å². The number of nitrogens with zero attached hydrogens (tertiary/aromatic N) is 4. The summed E-state index contributed by atoms with van der Waals surface area (Å²) in [5, 5.41) is 4.54. The maximum Gasteiger partial charge on any atom is 0.231 e. The lowest BCUT2D eigenvalue weighted by Crippen LogP contribution is -2.37. The van der Waals surface area contributed by atoms with Crippen LogP contribution in [0.1, 0.15) is 11.3 Å². The Morgan fingerprint density at radius 1 is 1.11 bits per heavy atom. The second-order valence-electron chi connectivity index (χ2n) is 6.96. The van der Waals surface area contributed by atoms with Gasteiger partial charge < -0.3 is 24.9 Å². The number of aryl methyl sites for hydroxylation is 2. The topological polar surface area (TPSA) is 94.8 Å². The van der Waals surface area contributed by atoms with Gasteiger partial charge in [-0.15, -0.1) is 0 Å². The van der Waals surface area contributed by atoms with Crippen molar-refractivity contribution in [1.29, 1.82) is 0 Å². The molecule has 0 amide bonds. The monoisotopic (exact) mass is 441 g/mol. The Kier molecular flexibility index (Phi) is 4.21. The molecule has 4 heterocycles. The van der Waals surface area contributed by atoms with Crippen LogP contribution in [0.5, 0.6) is 0 Å². The first kappa shape index (κ1) is 17.4. The first-order valence-electron chi connectivity index (χ1n) is 9.20. The minimum atomic E-state index is 0.525. The molecular formula is C19H20BrN7O. The summed E-state index contributed by atoms with van der Waals surface area (Å²) in [4.78, 5) is 22.6. The van der Waals surface area contributed by atoms with Crippen LogP contribution in [0.2, 0.25) is 0 Å². The van der Waals surface area contributed by atoms with E-state index in [0.29, 0.717) is 29.5 Å². The van der Waals surface area contributed by atoms with Crippen molar-refractivity contribution in [3.05, 3.63) is 34.2 Å². The maximum absolute atomic E-state index is 5.48. The van der Waals surface area contributed by atoms with Gasteiger partial charge in [0, 0.05) is 35.4 Å². The Morgan fingerprint density at radius 3 is 2.75 bits per heavy atom. The van der Waals surface area contributed by atoms with Gasteiger partial charge >= 0.3 is 0 Å². The zero-order valence-corrected chi connectivity index (χ0v) is 17.2. The van der Waals surface area contributed by atoms with Crippen molar-refractivity contribution in [3.8, 4) is 0 Å². The number of morpholine rings is 1. The van der Waals surface area contributed by atoms with Gasteiger partial charge in [-0.3, -0.25) is 0 Å². The van der Waals surface area contributed by atoms with Gasteiger partial charge in [0.2, 0.25) is 5.95 Å². The third-order valence-corrected chi connectivity index (χ3v) is 5.55. The number of hydrogen-bond acceptors (Lipinski definition) is 6. The average molecular weight is 442 g/mol. The van der Waals surface area contributed by atoms with Crippen molar-refractivity contribution >= 4 is 55.5 Å². The van der Waals surface area contributed by atoms with Crippen LogP contribution in [0.25, 0.3) is 22.1 Å². The fraction of sp³-hybridized carbons (Fsp3) is 0.316. The van der Waals surface area contributed by atoms with E-state index in [1.54, 1.807) is 0 Å². The third kappa shape index (κ3) is 3.00. The quantitative estimate of drug-likeness (QED) is 0.418. The Morgan fingerprint density at radius 2 is 1.93 bits per heavy atom. The number of anilines is 3. The fourth-order valence-corrected chi connectivity index (χ4v) is 3.95. The molecule has 28 heavy (non-hydrogen) atoms. The van der Waals surface area contributed by atoms with Crippen molar-refractivity contribution in [3.63, 3.8) is 0 Å². The first-order chi connectivity index (χ1) is 13.6. The molecule has 144 valence electrons. The number of aromatic amines is 2. The molecule has 4 aromatic rings. The molecule has 0 aliphatic carbocycles. The van der Waals surface area contributed by atoms with Crippen LogP contribution >= 0.6 is 15.9 Å². The average Bonchev–Trinajstić information content (AvgIpc) is 3.21. The lowest BCUT2D eigenvalue weighted by Gasteiger charge is -2.28. The van der Waals surface area contributed by atoms with Gasteiger partial charge in [-0.05, 0) is 53.5 Å². The number of imidazole rings is 1. The van der Waals surface area contributed by atoms with E-state index in [2.05, 4.69) is 72.1 Å². The molecule has 5 rings (SSSR count). The van der Waals surface area contributed by atoms with Gasteiger partial charge in [0.1, 0.15) is 5.52 Å². The van der Waals surface area contributed by atoms with E-state index in [0.717, 1.165) is 35.6 Å². The van der Waals surface area contributed by atoms with Crippen molar-refractivity contribution < 1.29 is 4.74 Å². The zero-order valence-electron chi connectivity index (χ0n) is 15.6. The molecule has 0 spiro atoms. The van der Waals surface area contributed by atoms with Crippen LogP contribution in [0.4, 0.5) is 17.5 Å². The summed E-state index contributed by atoms with van der Waals surface area (Å²) in [5.41, 5.74) is 5.95. The Hall–Kier alpha value is -2.65. The maximum atomic E-state index is 5.48. The number of aromatic nitrogens is 5. The Bertz CT molecular complexity index is 1180. The zero-order chi connectivity index (χ0) is 19.3. The summed E-state index contributed by atoms with van der Waals surface area (Å²) in [5.74, 6) is 1.36. The molecule has 0 bridgehead atoms. The van der Waals surface area contributed by atoms with Crippen LogP contribution in [0.15, 0.2) is 22.9 Å². The summed E-state index contributed by atoms with van der Waals surface area (Å²) in [6.07, 6.45) is 0. The highest BCUT2D eigenvalue weighted by Crippen LogP contribution is 2.29. The fourth-order valence-electron chi connectivity index (χ4n) is 3.58. The number of fused-ring (bicyclic) bond motifs is 2. The van der Waals surface area contributed by atoms with Gasteiger partial charge in [0.15, 0.2) is 16.2 Å². The molecule has 3 N–H and O–H groups in total. The number of rotatable bonds is 3. The summed E-state index contributed by atoms with van der Waals surface area (Å²) >= 11 is 3.41. The molecule has 1 aromatic carbocycles. The van der Waals surface area contributed by atoms with E-state index in [-0.39, 0.29) is 0 Å². The minimum absolute atomic E-state index is 0.525. The Balaban J connectivity index is 1.56. The predicted octanol–water partition coefficient (Wildman–Crippen LogP) is 3.79. The first-order valence-corrected chi connectivity index (χ1v) is 10.00. The summed E-state index contributed by atoms with van der Waals surface area (Å²) in [6.45, 7) is 7.16. The second kappa shape index (κ2) is 6.75. The van der Waals surface area contributed by atoms with Gasteiger partial charge in [0.05, 0.1) is 13.2 Å². The van der Waals surface area contributed by atoms with E-state index in [4.69, 9.17) is 9.72 Å². The third-order valence-electron chi connectivity index (χ3n) is 5.18. The number of benzene rings is 1. The normalized spacial score (nSPS) is 14.9. The molecule has 1 saturated heterocycles. The van der Waals surface area contributed by atoms with Crippen LogP contribution in [0.3, 0.4) is 0 Å². The standard InChI is InChI=1S/C19H20BrN7O/c1-10-11(2)21-14-4-3-12(9-13(10)14)22-19-25-16-15(23-18(20)24-16)17(26-19)27-5-7-28-8-6-27/h3-4,9,21H,5-8H2,1-2H3,(H2,22,23,24,25,26).